The second-order valence-electron chi connectivity index (χ2n) is 6.70. The van der Waals surface area contributed by atoms with E-state index < -0.39 is 5.60 Å². The largest absolute Gasteiger partial charge is 0.460 e. The Balaban J connectivity index is 2.47. The van der Waals surface area contributed by atoms with Crippen molar-refractivity contribution in [2.24, 2.45) is 17.7 Å². The number of carbonyl (C=O) groups excluding carboxylic acids is 1. The molecule has 1 aliphatic heterocycles. The van der Waals surface area contributed by atoms with E-state index in [9.17, 15) is 4.79 Å². The first-order valence-corrected chi connectivity index (χ1v) is 7.56. The van der Waals surface area contributed by atoms with Gasteiger partial charge in [-0.25, -0.2) is 5.01 Å². The van der Waals surface area contributed by atoms with Gasteiger partial charge in [-0.3, -0.25) is 10.6 Å². The van der Waals surface area contributed by atoms with Crippen molar-refractivity contribution in [3.05, 3.63) is 0 Å². The molecular formula is C15H30N2O2. The van der Waals surface area contributed by atoms with E-state index in [1.807, 2.05) is 20.8 Å². The number of nitrogens with two attached hydrogens (primary N) is 1. The van der Waals surface area contributed by atoms with Crippen LogP contribution in [0.15, 0.2) is 0 Å². The quantitative estimate of drug-likeness (QED) is 0.458. The van der Waals surface area contributed by atoms with Crippen molar-refractivity contribution in [2.45, 2.75) is 65.4 Å². The zero-order chi connectivity index (χ0) is 14.5. The van der Waals surface area contributed by atoms with Gasteiger partial charge in [-0.2, -0.15) is 0 Å². The zero-order valence-corrected chi connectivity index (χ0v) is 12.9. The lowest BCUT2D eigenvalue weighted by Crippen LogP contribution is -2.33. The van der Waals surface area contributed by atoms with Gasteiger partial charge in [-0.05, 0) is 33.1 Å². The topological polar surface area (TPSA) is 55.6 Å². The summed E-state index contributed by atoms with van der Waals surface area (Å²) in [6, 6.07) is 0. The molecule has 2 atom stereocenters. The number of ether oxygens (including phenoxy) is 1. The highest BCUT2D eigenvalue weighted by Gasteiger charge is 2.38. The first-order chi connectivity index (χ1) is 8.83. The van der Waals surface area contributed by atoms with Crippen LogP contribution in [0.25, 0.3) is 0 Å². The maximum Gasteiger partial charge on any atom is 0.311 e. The highest BCUT2D eigenvalue weighted by atomic mass is 16.6. The number of hydrazine groups is 1. The highest BCUT2D eigenvalue weighted by molar-refractivity contribution is 5.74. The van der Waals surface area contributed by atoms with Gasteiger partial charge in [0.1, 0.15) is 5.60 Å². The molecule has 1 fully saturated rings. The fourth-order valence-corrected chi connectivity index (χ4v) is 2.67. The molecule has 19 heavy (non-hydrogen) atoms. The smallest absolute Gasteiger partial charge is 0.311 e. The monoisotopic (exact) mass is 270 g/mol. The molecule has 1 heterocycles. The lowest BCUT2D eigenvalue weighted by molar-refractivity contribution is -0.160. The number of esters is 1. The van der Waals surface area contributed by atoms with Crippen molar-refractivity contribution in [3.8, 4) is 0 Å². The maximum absolute atomic E-state index is 12.2. The minimum Gasteiger partial charge on any atom is -0.460 e. The predicted octanol–water partition coefficient (Wildman–Crippen LogP) is 2.72. The molecule has 112 valence electrons. The molecule has 0 bridgehead atoms. The van der Waals surface area contributed by atoms with Crippen LogP contribution < -0.4 is 5.84 Å². The number of unbranched alkanes of at least 4 members (excludes halogenated alkanes) is 3. The number of hydrogen-bond donors (Lipinski definition) is 1. The van der Waals surface area contributed by atoms with Crippen molar-refractivity contribution in [3.63, 3.8) is 0 Å². The van der Waals surface area contributed by atoms with Gasteiger partial charge in [-0.15, -0.1) is 0 Å². The molecule has 1 rings (SSSR count). The Morgan fingerprint density at radius 1 is 1.26 bits per heavy atom. The average molecular weight is 270 g/mol. The second kappa shape index (κ2) is 7.25. The van der Waals surface area contributed by atoms with E-state index in [4.69, 9.17) is 10.6 Å². The lowest BCUT2D eigenvalue weighted by Gasteiger charge is -2.24. The molecule has 1 saturated heterocycles. The minimum atomic E-state index is -0.411. The van der Waals surface area contributed by atoms with E-state index in [0.29, 0.717) is 12.5 Å². The SMILES string of the molecule is CCCCCC[C@@H]1CN(N)C[C@H]1C(=O)OC(C)(C)C. The van der Waals surface area contributed by atoms with Crippen LogP contribution in [0.4, 0.5) is 0 Å². The van der Waals surface area contributed by atoms with Crippen LogP contribution in [0.1, 0.15) is 59.8 Å². The molecule has 0 aliphatic carbocycles. The number of hydrogen-bond acceptors (Lipinski definition) is 4. The highest BCUT2D eigenvalue weighted by Crippen LogP contribution is 2.29. The Morgan fingerprint density at radius 3 is 2.53 bits per heavy atom. The standard InChI is InChI=1S/C15H30N2O2/c1-5-6-7-8-9-12-10-17(16)11-13(12)14(18)19-15(2,3)4/h12-13H,5-11,16H2,1-4H3/t12-,13-/m1/s1. The summed E-state index contributed by atoms with van der Waals surface area (Å²) in [5.74, 6) is 6.10. The van der Waals surface area contributed by atoms with Crippen LogP contribution in [0.2, 0.25) is 0 Å². The summed E-state index contributed by atoms with van der Waals surface area (Å²) in [6.07, 6.45) is 6.03. The van der Waals surface area contributed by atoms with Crippen LogP contribution in [-0.2, 0) is 9.53 Å². The molecule has 0 unspecified atom stereocenters. The molecule has 4 nitrogen and oxygen atoms in total. The van der Waals surface area contributed by atoms with Gasteiger partial charge < -0.3 is 4.74 Å². The molecule has 0 saturated carbocycles. The van der Waals surface area contributed by atoms with Gasteiger partial charge >= 0.3 is 5.97 Å². The Bertz CT molecular complexity index is 286. The van der Waals surface area contributed by atoms with Gasteiger partial charge in [-0.1, -0.05) is 32.6 Å². The third-order valence-corrected chi connectivity index (χ3v) is 3.61. The number of carbonyl (C=O) groups is 1. The summed E-state index contributed by atoms with van der Waals surface area (Å²) in [6.45, 7) is 9.40. The normalized spacial score (nSPS) is 24.7. The maximum atomic E-state index is 12.2. The fourth-order valence-electron chi connectivity index (χ4n) is 2.67. The van der Waals surface area contributed by atoms with Crippen LogP contribution in [0.5, 0.6) is 0 Å². The Labute approximate surface area is 117 Å². The number of nitrogens with zero attached hydrogens (tertiary/aromatic N) is 1. The van der Waals surface area contributed by atoms with Gasteiger partial charge in [0.2, 0.25) is 0 Å². The van der Waals surface area contributed by atoms with Gasteiger partial charge in [0.15, 0.2) is 0 Å². The summed E-state index contributed by atoms with van der Waals surface area (Å²) < 4.78 is 5.51. The Hall–Kier alpha value is -0.610. The molecule has 0 aromatic heterocycles. The summed E-state index contributed by atoms with van der Waals surface area (Å²) in [5, 5.41) is 1.76. The Morgan fingerprint density at radius 2 is 1.95 bits per heavy atom. The van der Waals surface area contributed by atoms with Crippen molar-refractivity contribution < 1.29 is 9.53 Å². The van der Waals surface area contributed by atoms with Gasteiger partial charge in [0.25, 0.3) is 0 Å². The molecule has 0 aromatic carbocycles. The van der Waals surface area contributed by atoms with Crippen molar-refractivity contribution >= 4 is 5.97 Å². The predicted molar refractivity (Wildman–Crippen MR) is 77.3 cm³/mol. The molecule has 0 spiro atoms. The van der Waals surface area contributed by atoms with Crippen molar-refractivity contribution in [1.29, 1.82) is 0 Å². The first kappa shape index (κ1) is 16.4. The minimum absolute atomic E-state index is 0.0501. The fraction of sp³-hybridized carbons (Fsp3) is 0.933. The second-order valence-corrected chi connectivity index (χ2v) is 6.70. The van der Waals surface area contributed by atoms with Gasteiger partial charge in [0.05, 0.1) is 5.92 Å². The van der Waals surface area contributed by atoms with Crippen LogP contribution >= 0.6 is 0 Å². The number of rotatable bonds is 6. The molecule has 4 heteroatoms. The third-order valence-electron chi connectivity index (χ3n) is 3.61. The molecule has 2 N–H and O–H groups in total. The molecule has 0 radical (unpaired) electrons. The Kier molecular flexibility index (Phi) is 6.27. The van der Waals surface area contributed by atoms with Crippen LogP contribution in [-0.4, -0.2) is 29.7 Å². The van der Waals surface area contributed by atoms with Crippen molar-refractivity contribution in [1.82, 2.24) is 5.01 Å². The summed E-state index contributed by atoms with van der Waals surface area (Å²) in [5.41, 5.74) is -0.411. The molecule has 0 amide bonds. The average Bonchev–Trinajstić information content (AvgIpc) is 2.64. The van der Waals surface area contributed by atoms with E-state index in [1.165, 1.54) is 25.7 Å². The molecular weight excluding hydrogens is 240 g/mol. The summed E-state index contributed by atoms with van der Waals surface area (Å²) >= 11 is 0. The lowest BCUT2D eigenvalue weighted by atomic mass is 9.90. The van der Waals surface area contributed by atoms with Gasteiger partial charge in [0, 0.05) is 13.1 Å². The first-order valence-electron chi connectivity index (χ1n) is 7.56. The third kappa shape index (κ3) is 5.91. The summed E-state index contributed by atoms with van der Waals surface area (Å²) in [4.78, 5) is 12.2. The van der Waals surface area contributed by atoms with E-state index in [1.54, 1.807) is 5.01 Å². The van der Waals surface area contributed by atoms with Crippen LogP contribution in [0, 0.1) is 11.8 Å². The van der Waals surface area contributed by atoms with E-state index in [-0.39, 0.29) is 11.9 Å². The van der Waals surface area contributed by atoms with E-state index >= 15 is 0 Å². The summed E-state index contributed by atoms with van der Waals surface area (Å²) in [7, 11) is 0. The molecule has 1 aliphatic rings. The molecule has 0 aromatic rings. The van der Waals surface area contributed by atoms with Crippen LogP contribution in [0.3, 0.4) is 0 Å². The zero-order valence-electron chi connectivity index (χ0n) is 12.9. The van der Waals surface area contributed by atoms with Crippen molar-refractivity contribution in [2.75, 3.05) is 13.1 Å². The van der Waals surface area contributed by atoms with E-state index in [0.717, 1.165) is 13.0 Å². The van der Waals surface area contributed by atoms with E-state index in [2.05, 4.69) is 6.92 Å².